The van der Waals surface area contributed by atoms with Crippen LogP contribution in [0.4, 0.5) is 5.69 Å². The third kappa shape index (κ3) is 1.60. The highest BCUT2D eigenvalue weighted by Crippen LogP contribution is 2.16. The van der Waals surface area contributed by atoms with Crippen LogP contribution in [-0.2, 0) is 0 Å². The van der Waals surface area contributed by atoms with Crippen LogP contribution >= 0.6 is 0 Å². The van der Waals surface area contributed by atoms with E-state index in [-0.39, 0.29) is 0 Å². The van der Waals surface area contributed by atoms with Gasteiger partial charge in [0.05, 0.1) is 0 Å². The van der Waals surface area contributed by atoms with Gasteiger partial charge in [-0.3, -0.25) is 0 Å². The highest BCUT2D eigenvalue weighted by atomic mass is 15.1. The topological polar surface area (TPSA) is 3.24 Å². The minimum Gasteiger partial charge on any atom is -0.378 e. The van der Waals surface area contributed by atoms with Crippen molar-refractivity contribution in [3.05, 3.63) is 29.3 Å². The molecule has 1 nitrogen and oxygen atoms in total. The third-order valence-corrected chi connectivity index (χ3v) is 1.88. The van der Waals surface area contributed by atoms with E-state index in [4.69, 9.17) is 6.42 Å². The number of anilines is 1. The fourth-order valence-electron chi connectivity index (χ4n) is 1.09. The first kappa shape index (κ1) is 8.67. The molecule has 1 aromatic rings. The molecule has 0 aliphatic rings. The first-order valence-corrected chi connectivity index (χ1v) is 3.89. The van der Waals surface area contributed by atoms with Crippen molar-refractivity contribution in [2.45, 2.75) is 6.92 Å². The molecule has 0 aliphatic heterocycles. The zero-order valence-electron chi connectivity index (χ0n) is 7.76. The van der Waals surface area contributed by atoms with Crippen molar-refractivity contribution in [3.63, 3.8) is 0 Å². The highest BCUT2D eigenvalue weighted by molar-refractivity contribution is 5.53. The molecule has 12 heavy (non-hydrogen) atoms. The average Bonchev–Trinajstić information content (AvgIpc) is 2.04. The molecule has 1 rings (SSSR count). The van der Waals surface area contributed by atoms with Crippen molar-refractivity contribution in [1.29, 1.82) is 0 Å². The lowest BCUT2D eigenvalue weighted by atomic mass is 10.1. The summed E-state index contributed by atoms with van der Waals surface area (Å²) < 4.78 is 0. The fraction of sp³-hybridized carbons (Fsp3) is 0.273. The van der Waals surface area contributed by atoms with Gasteiger partial charge in [-0.2, -0.15) is 0 Å². The van der Waals surface area contributed by atoms with Gasteiger partial charge in [-0.25, -0.2) is 0 Å². The molecule has 0 aromatic heterocycles. The first-order valence-electron chi connectivity index (χ1n) is 3.89. The Morgan fingerprint density at radius 3 is 2.42 bits per heavy atom. The number of hydrogen-bond acceptors (Lipinski definition) is 1. The monoisotopic (exact) mass is 159 g/mol. The Hall–Kier alpha value is -1.42. The first-order chi connectivity index (χ1) is 5.65. The van der Waals surface area contributed by atoms with Gasteiger partial charge in [0.25, 0.3) is 0 Å². The Morgan fingerprint density at radius 1 is 1.33 bits per heavy atom. The molecule has 1 heteroatoms. The van der Waals surface area contributed by atoms with Crippen LogP contribution in [0.25, 0.3) is 0 Å². The molecule has 0 amide bonds. The Bertz CT molecular complexity index is 318. The maximum absolute atomic E-state index is 5.31. The number of rotatable bonds is 1. The predicted octanol–water partition coefficient (Wildman–Crippen LogP) is 2.04. The van der Waals surface area contributed by atoms with Crippen molar-refractivity contribution in [2.75, 3.05) is 19.0 Å². The number of nitrogens with zero attached hydrogens (tertiary/aromatic N) is 1. The number of aryl methyl sites for hydroxylation is 1. The molecule has 0 aliphatic carbocycles. The number of terminal acetylenes is 1. The summed E-state index contributed by atoms with van der Waals surface area (Å²) in [6, 6.07) is 6.10. The predicted molar refractivity (Wildman–Crippen MR) is 53.4 cm³/mol. The van der Waals surface area contributed by atoms with Crippen molar-refractivity contribution < 1.29 is 0 Å². The van der Waals surface area contributed by atoms with E-state index in [1.54, 1.807) is 0 Å². The molecule has 1 aromatic carbocycles. The van der Waals surface area contributed by atoms with Crippen LogP contribution in [0.1, 0.15) is 11.1 Å². The van der Waals surface area contributed by atoms with Crippen LogP contribution in [0, 0.1) is 19.3 Å². The van der Waals surface area contributed by atoms with Gasteiger partial charge in [0.2, 0.25) is 0 Å². The van der Waals surface area contributed by atoms with Gasteiger partial charge in [-0.05, 0) is 30.7 Å². The summed E-state index contributed by atoms with van der Waals surface area (Å²) >= 11 is 0. The number of hydrogen-bond donors (Lipinski definition) is 0. The summed E-state index contributed by atoms with van der Waals surface area (Å²) in [4.78, 5) is 2.06. The minimum absolute atomic E-state index is 0.973. The molecule has 0 radical (unpaired) electrons. The summed E-state index contributed by atoms with van der Waals surface area (Å²) in [6.07, 6.45) is 5.31. The molecule has 0 saturated carbocycles. The molecule has 0 N–H and O–H groups in total. The Labute approximate surface area is 74.0 Å². The molecule has 0 spiro atoms. The Morgan fingerprint density at radius 2 is 2.00 bits per heavy atom. The smallest absolute Gasteiger partial charge is 0.0364 e. The largest absolute Gasteiger partial charge is 0.378 e. The van der Waals surface area contributed by atoms with Crippen molar-refractivity contribution >= 4 is 5.69 Å². The van der Waals surface area contributed by atoms with Gasteiger partial charge in [0.1, 0.15) is 0 Å². The second-order valence-electron chi connectivity index (χ2n) is 3.04. The van der Waals surface area contributed by atoms with E-state index in [9.17, 15) is 0 Å². The average molecular weight is 159 g/mol. The van der Waals surface area contributed by atoms with E-state index in [1.807, 2.05) is 33.2 Å². The highest BCUT2D eigenvalue weighted by Gasteiger charge is 1.97. The molecule has 62 valence electrons. The van der Waals surface area contributed by atoms with Crippen LogP contribution in [0.3, 0.4) is 0 Å². The standard InChI is InChI=1S/C11H13N/c1-5-10-6-7-11(12(3)4)8-9(10)2/h1,6-8H,2-4H3. The van der Waals surface area contributed by atoms with Crippen molar-refractivity contribution in [1.82, 2.24) is 0 Å². The van der Waals surface area contributed by atoms with Gasteiger partial charge in [-0.15, -0.1) is 6.42 Å². The summed E-state index contributed by atoms with van der Waals surface area (Å²) in [5.41, 5.74) is 3.32. The molecular weight excluding hydrogens is 146 g/mol. The lowest BCUT2D eigenvalue weighted by Gasteiger charge is -2.13. The maximum Gasteiger partial charge on any atom is 0.0364 e. The summed E-state index contributed by atoms with van der Waals surface area (Å²) in [7, 11) is 4.04. The zero-order valence-corrected chi connectivity index (χ0v) is 7.76. The Kier molecular flexibility index (Phi) is 2.40. The van der Waals surface area contributed by atoms with Gasteiger partial charge >= 0.3 is 0 Å². The van der Waals surface area contributed by atoms with Crippen LogP contribution in [0.5, 0.6) is 0 Å². The summed E-state index contributed by atoms with van der Waals surface area (Å²) in [6.45, 7) is 2.03. The third-order valence-electron chi connectivity index (χ3n) is 1.88. The van der Waals surface area contributed by atoms with Gasteiger partial charge in [-0.1, -0.05) is 5.92 Å². The molecule has 0 fully saturated rings. The SMILES string of the molecule is C#Cc1ccc(N(C)C)cc1C. The van der Waals surface area contributed by atoms with E-state index in [0.717, 1.165) is 11.1 Å². The normalized spacial score (nSPS) is 9.17. The van der Waals surface area contributed by atoms with Crippen LogP contribution in [0.15, 0.2) is 18.2 Å². The maximum atomic E-state index is 5.31. The quantitative estimate of drug-likeness (QED) is 0.567. The van der Waals surface area contributed by atoms with Gasteiger partial charge in [0, 0.05) is 25.3 Å². The van der Waals surface area contributed by atoms with E-state index in [2.05, 4.69) is 16.9 Å². The molecule has 0 heterocycles. The fourth-order valence-corrected chi connectivity index (χ4v) is 1.09. The van der Waals surface area contributed by atoms with E-state index >= 15 is 0 Å². The molecular formula is C11H13N. The summed E-state index contributed by atoms with van der Waals surface area (Å²) in [5.74, 6) is 2.64. The van der Waals surface area contributed by atoms with E-state index in [0.29, 0.717) is 0 Å². The summed E-state index contributed by atoms with van der Waals surface area (Å²) in [5, 5.41) is 0. The van der Waals surface area contributed by atoms with Gasteiger partial charge < -0.3 is 4.90 Å². The van der Waals surface area contributed by atoms with Gasteiger partial charge in [0.15, 0.2) is 0 Å². The minimum atomic E-state index is 0.973. The van der Waals surface area contributed by atoms with E-state index in [1.165, 1.54) is 5.69 Å². The van der Waals surface area contributed by atoms with E-state index < -0.39 is 0 Å². The lowest BCUT2D eigenvalue weighted by molar-refractivity contribution is 1.13. The van der Waals surface area contributed by atoms with Crippen LogP contribution < -0.4 is 4.90 Å². The molecule has 0 saturated heterocycles. The molecule has 0 bridgehead atoms. The molecule has 0 unspecified atom stereocenters. The second-order valence-corrected chi connectivity index (χ2v) is 3.04. The Balaban J connectivity index is 3.12. The number of benzene rings is 1. The van der Waals surface area contributed by atoms with Crippen molar-refractivity contribution in [2.24, 2.45) is 0 Å². The lowest BCUT2D eigenvalue weighted by Crippen LogP contribution is -2.08. The van der Waals surface area contributed by atoms with Crippen LogP contribution in [-0.4, -0.2) is 14.1 Å². The zero-order chi connectivity index (χ0) is 9.14. The molecule has 0 atom stereocenters. The van der Waals surface area contributed by atoms with Crippen LogP contribution in [0.2, 0.25) is 0 Å². The van der Waals surface area contributed by atoms with Crippen molar-refractivity contribution in [3.8, 4) is 12.3 Å². The second kappa shape index (κ2) is 3.32.